The molecule has 4 rings (SSSR count). The molecule has 2 fully saturated rings. The van der Waals surface area contributed by atoms with Crippen molar-refractivity contribution < 1.29 is 9.59 Å². The number of nitrogens with one attached hydrogen (secondary N) is 1. The van der Waals surface area contributed by atoms with Gasteiger partial charge in [-0.25, -0.2) is 4.68 Å². The molecule has 25 heavy (non-hydrogen) atoms. The van der Waals surface area contributed by atoms with Crippen LogP contribution in [-0.2, 0) is 16.1 Å². The Morgan fingerprint density at radius 3 is 2.80 bits per heavy atom. The van der Waals surface area contributed by atoms with Crippen LogP contribution in [0.5, 0.6) is 0 Å². The fraction of sp³-hybridized carbons (Fsp3) is 0.353. The van der Waals surface area contributed by atoms with E-state index in [0.717, 1.165) is 17.8 Å². The summed E-state index contributed by atoms with van der Waals surface area (Å²) in [5.74, 6) is -0.0685. The van der Waals surface area contributed by atoms with Crippen molar-refractivity contribution in [1.29, 1.82) is 0 Å². The van der Waals surface area contributed by atoms with Gasteiger partial charge in [0.15, 0.2) is 0 Å². The molecule has 8 heteroatoms. The highest BCUT2D eigenvalue weighted by Crippen LogP contribution is 2.17. The summed E-state index contributed by atoms with van der Waals surface area (Å²) in [7, 11) is 0. The summed E-state index contributed by atoms with van der Waals surface area (Å²) in [5, 5.41) is 7.74. The minimum atomic E-state index is -0.388. The number of hydrogen-bond donors (Lipinski definition) is 1. The zero-order valence-corrected chi connectivity index (χ0v) is 14.3. The number of carbonyl (C=O) groups is 2. The van der Waals surface area contributed by atoms with Gasteiger partial charge in [0, 0.05) is 43.0 Å². The number of rotatable bonds is 3. The summed E-state index contributed by atoms with van der Waals surface area (Å²) in [5.41, 5.74) is 2.00. The quantitative estimate of drug-likeness (QED) is 0.874. The third-order valence-corrected chi connectivity index (χ3v) is 4.89. The number of carbonyl (C=O) groups excluding carboxylic acids is 2. The van der Waals surface area contributed by atoms with Crippen molar-refractivity contribution in [2.45, 2.75) is 12.6 Å². The van der Waals surface area contributed by atoms with E-state index in [2.05, 4.69) is 15.3 Å². The van der Waals surface area contributed by atoms with E-state index in [9.17, 15) is 9.59 Å². The normalized spacial score (nSPS) is 21.2. The summed E-state index contributed by atoms with van der Waals surface area (Å²) >= 11 is 5.91. The summed E-state index contributed by atoms with van der Waals surface area (Å²) in [6, 6.07) is 7.10. The Balaban J connectivity index is 1.44. The van der Waals surface area contributed by atoms with E-state index in [4.69, 9.17) is 11.6 Å². The number of amides is 2. The molecule has 1 unspecified atom stereocenters. The molecule has 130 valence electrons. The van der Waals surface area contributed by atoms with Crippen molar-refractivity contribution in [3.8, 4) is 5.69 Å². The van der Waals surface area contributed by atoms with Crippen LogP contribution in [0.2, 0.25) is 5.02 Å². The molecular weight excluding hydrogens is 342 g/mol. The first-order valence-electron chi connectivity index (χ1n) is 8.19. The van der Waals surface area contributed by atoms with Gasteiger partial charge in [-0.2, -0.15) is 5.10 Å². The second kappa shape index (κ2) is 6.50. The second-order valence-electron chi connectivity index (χ2n) is 6.33. The molecule has 0 spiro atoms. The van der Waals surface area contributed by atoms with Crippen LogP contribution >= 0.6 is 11.6 Å². The van der Waals surface area contributed by atoms with E-state index in [1.54, 1.807) is 9.58 Å². The number of benzene rings is 1. The van der Waals surface area contributed by atoms with E-state index >= 15 is 0 Å². The summed E-state index contributed by atoms with van der Waals surface area (Å²) in [6.07, 6.45) is 3.80. The van der Waals surface area contributed by atoms with Crippen LogP contribution in [0.1, 0.15) is 5.56 Å². The van der Waals surface area contributed by atoms with Crippen molar-refractivity contribution in [3.05, 3.63) is 47.2 Å². The SMILES string of the molecule is O=C1NCC(=O)N2CCN(Cc3cnn(-c4ccc(Cl)cc4)c3)CC12. The van der Waals surface area contributed by atoms with Crippen LogP contribution in [0, 0.1) is 0 Å². The first kappa shape index (κ1) is 16.1. The smallest absolute Gasteiger partial charge is 0.244 e. The summed E-state index contributed by atoms with van der Waals surface area (Å²) in [4.78, 5) is 27.8. The molecule has 2 aliphatic heterocycles. The maximum atomic E-state index is 12.0. The number of piperazine rings is 2. The Kier molecular flexibility index (Phi) is 4.19. The number of nitrogens with zero attached hydrogens (tertiary/aromatic N) is 4. The van der Waals surface area contributed by atoms with Gasteiger partial charge in [0.25, 0.3) is 0 Å². The highest BCUT2D eigenvalue weighted by atomic mass is 35.5. The molecule has 7 nitrogen and oxygen atoms in total. The van der Waals surface area contributed by atoms with E-state index in [-0.39, 0.29) is 24.4 Å². The largest absolute Gasteiger partial charge is 0.345 e. The molecule has 1 aromatic carbocycles. The van der Waals surface area contributed by atoms with Gasteiger partial charge < -0.3 is 10.2 Å². The Hall–Kier alpha value is -2.38. The fourth-order valence-corrected chi connectivity index (χ4v) is 3.45. The van der Waals surface area contributed by atoms with Gasteiger partial charge in [-0.1, -0.05) is 11.6 Å². The topological polar surface area (TPSA) is 70.5 Å². The molecule has 0 bridgehead atoms. The lowest BCUT2D eigenvalue weighted by atomic mass is 10.1. The van der Waals surface area contributed by atoms with Crippen molar-refractivity contribution in [3.63, 3.8) is 0 Å². The molecule has 2 aliphatic rings. The van der Waals surface area contributed by atoms with Gasteiger partial charge in [0.1, 0.15) is 6.04 Å². The van der Waals surface area contributed by atoms with Crippen molar-refractivity contribution in [2.24, 2.45) is 0 Å². The monoisotopic (exact) mass is 359 g/mol. The van der Waals surface area contributed by atoms with E-state index in [1.807, 2.05) is 36.7 Å². The molecule has 1 N–H and O–H groups in total. The highest BCUT2D eigenvalue weighted by molar-refractivity contribution is 6.30. The van der Waals surface area contributed by atoms with Gasteiger partial charge >= 0.3 is 0 Å². The first-order chi connectivity index (χ1) is 12.1. The van der Waals surface area contributed by atoms with Crippen LogP contribution in [0.4, 0.5) is 0 Å². The van der Waals surface area contributed by atoms with Gasteiger partial charge in [-0.3, -0.25) is 14.5 Å². The summed E-state index contributed by atoms with van der Waals surface area (Å²) < 4.78 is 1.80. The Morgan fingerprint density at radius 1 is 1.20 bits per heavy atom. The molecule has 2 aromatic rings. The molecule has 1 aromatic heterocycles. The number of aromatic nitrogens is 2. The van der Waals surface area contributed by atoms with Crippen LogP contribution in [0.3, 0.4) is 0 Å². The maximum absolute atomic E-state index is 12.0. The zero-order chi connectivity index (χ0) is 17.4. The number of halogens is 1. The molecule has 2 amide bonds. The van der Waals surface area contributed by atoms with Crippen molar-refractivity contribution in [1.82, 2.24) is 24.9 Å². The maximum Gasteiger partial charge on any atom is 0.244 e. The average molecular weight is 360 g/mol. The second-order valence-corrected chi connectivity index (χ2v) is 6.76. The van der Waals surface area contributed by atoms with E-state index in [1.165, 1.54) is 0 Å². The Labute approximate surface area is 150 Å². The number of fused-ring (bicyclic) bond motifs is 1. The molecule has 0 saturated carbocycles. The van der Waals surface area contributed by atoms with Crippen LogP contribution in [-0.4, -0.2) is 63.6 Å². The molecule has 0 aliphatic carbocycles. The van der Waals surface area contributed by atoms with Crippen LogP contribution in [0.15, 0.2) is 36.7 Å². The lowest BCUT2D eigenvalue weighted by molar-refractivity contribution is -0.149. The van der Waals surface area contributed by atoms with Gasteiger partial charge in [-0.05, 0) is 24.3 Å². The molecule has 1 atom stereocenters. The zero-order valence-electron chi connectivity index (χ0n) is 13.6. The van der Waals surface area contributed by atoms with Crippen molar-refractivity contribution in [2.75, 3.05) is 26.2 Å². The third-order valence-electron chi connectivity index (χ3n) is 4.63. The van der Waals surface area contributed by atoms with Gasteiger partial charge in [-0.15, -0.1) is 0 Å². The molecular formula is C17H18ClN5O2. The summed E-state index contributed by atoms with van der Waals surface area (Å²) in [6.45, 7) is 2.69. The Morgan fingerprint density at radius 2 is 2.00 bits per heavy atom. The minimum Gasteiger partial charge on any atom is -0.345 e. The first-order valence-corrected chi connectivity index (χ1v) is 8.57. The molecule has 3 heterocycles. The van der Waals surface area contributed by atoms with E-state index < -0.39 is 0 Å². The third kappa shape index (κ3) is 3.25. The van der Waals surface area contributed by atoms with Crippen molar-refractivity contribution >= 4 is 23.4 Å². The number of hydrogen-bond acceptors (Lipinski definition) is 4. The standard InChI is InChI=1S/C17H18ClN5O2/c18-13-1-3-14(4-2-13)23-10-12(7-20-23)9-21-5-6-22-15(11-21)17(25)19-8-16(22)24/h1-4,7,10,15H,5-6,8-9,11H2,(H,19,25). The van der Waals surface area contributed by atoms with Crippen LogP contribution < -0.4 is 5.32 Å². The lowest BCUT2D eigenvalue weighted by Crippen LogP contribution is -2.65. The lowest BCUT2D eigenvalue weighted by Gasteiger charge is -2.42. The average Bonchev–Trinajstić information content (AvgIpc) is 3.07. The van der Waals surface area contributed by atoms with E-state index in [0.29, 0.717) is 24.7 Å². The minimum absolute atomic E-state index is 0.000178. The predicted octanol–water partition coefficient (Wildman–Crippen LogP) is 0.668. The molecule has 0 radical (unpaired) electrons. The fourth-order valence-electron chi connectivity index (χ4n) is 3.32. The predicted molar refractivity (Wildman–Crippen MR) is 92.4 cm³/mol. The highest BCUT2D eigenvalue weighted by Gasteiger charge is 2.38. The van der Waals surface area contributed by atoms with Gasteiger partial charge in [0.2, 0.25) is 11.8 Å². The van der Waals surface area contributed by atoms with Gasteiger partial charge in [0.05, 0.1) is 18.4 Å². The Bertz CT molecular complexity index is 804. The molecule has 2 saturated heterocycles. The van der Waals surface area contributed by atoms with Crippen LogP contribution in [0.25, 0.3) is 5.69 Å².